The molecule has 78 valence electrons. The molecule has 1 aliphatic carbocycles. The molecule has 0 radical (unpaired) electrons. The van der Waals surface area contributed by atoms with Crippen molar-refractivity contribution in [1.82, 2.24) is 4.98 Å². The first kappa shape index (κ1) is 10.2. The zero-order valence-electron chi connectivity index (χ0n) is 8.11. The first-order chi connectivity index (χ1) is 7.27. The van der Waals surface area contributed by atoms with Gasteiger partial charge < -0.3 is 5.32 Å². The molecule has 0 saturated carbocycles. The molecule has 15 heavy (non-hydrogen) atoms. The number of nitrogens with zero attached hydrogens (tertiary/aromatic N) is 1. The average molecular weight is 223 g/mol. The second-order valence-corrected chi connectivity index (χ2v) is 3.87. The van der Waals surface area contributed by atoms with Crippen molar-refractivity contribution >= 4 is 23.3 Å². The van der Waals surface area contributed by atoms with Crippen molar-refractivity contribution in [3.05, 3.63) is 35.5 Å². The maximum Gasteiger partial charge on any atom is 0.229 e. The molecule has 3 nitrogen and oxygen atoms in total. The molecule has 4 heteroatoms. The number of hydrogen-bond acceptors (Lipinski definition) is 2. The molecular weight excluding hydrogens is 212 g/mol. The van der Waals surface area contributed by atoms with Gasteiger partial charge in [-0.25, -0.2) is 4.98 Å². The molecule has 0 bridgehead atoms. The Labute approximate surface area is 93.2 Å². The van der Waals surface area contributed by atoms with Crippen molar-refractivity contribution < 1.29 is 4.79 Å². The van der Waals surface area contributed by atoms with Gasteiger partial charge in [0.1, 0.15) is 0 Å². The van der Waals surface area contributed by atoms with Gasteiger partial charge in [0, 0.05) is 12.1 Å². The van der Waals surface area contributed by atoms with E-state index >= 15 is 0 Å². The normalized spacial score (nSPS) is 15.5. The number of nitrogens with one attached hydrogen (secondary N) is 1. The lowest BCUT2D eigenvalue weighted by Crippen LogP contribution is -2.21. The smallest absolute Gasteiger partial charge is 0.229 e. The van der Waals surface area contributed by atoms with Crippen LogP contribution in [0.4, 0.5) is 5.82 Å². The Morgan fingerprint density at radius 3 is 2.87 bits per heavy atom. The van der Waals surface area contributed by atoms with E-state index in [1.165, 1.54) is 0 Å². The van der Waals surface area contributed by atoms with Crippen molar-refractivity contribution in [2.24, 2.45) is 5.92 Å². The Bertz CT molecular complexity index is 395. The summed E-state index contributed by atoms with van der Waals surface area (Å²) in [7, 11) is 0. The van der Waals surface area contributed by atoms with E-state index in [0.29, 0.717) is 10.8 Å². The quantitative estimate of drug-likeness (QED) is 0.782. The minimum Gasteiger partial charge on any atom is -0.309 e. The van der Waals surface area contributed by atoms with Gasteiger partial charge in [-0.05, 0) is 25.0 Å². The van der Waals surface area contributed by atoms with E-state index in [-0.39, 0.29) is 11.8 Å². The summed E-state index contributed by atoms with van der Waals surface area (Å²) >= 11 is 5.88. The molecule has 0 aliphatic heterocycles. The third-order valence-corrected chi connectivity index (χ3v) is 2.68. The van der Waals surface area contributed by atoms with Crippen LogP contribution in [0.5, 0.6) is 0 Å². The second kappa shape index (κ2) is 4.45. The van der Waals surface area contributed by atoms with Crippen molar-refractivity contribution in [3.8, 4) is 0 Å². The van der Waals surface area contributed by atoms with Gasteiger partial charge in [0.15, 0.2) is 5.82 Å². The molecule has 0 spiro atoms. The lowest BCUT2D eigenvalue weighted by molar-refractivity contribution is -0.119. The Hall–Kier alpha value is -1.35. The van der Waals surface area contributed by atoms with Crippen LogP contribution in [0.15, 0.2) is 30.5 Å². The SMILES string of the molecule is O=C(Nc1ncccc1Cl)C1CC=CC1. The summed E-state index contributed by atoms with van der Waals surface area (Å²) in [5.41, 5.74) is 0. The van der Waals surface area contributed by atoms with E-state index in [4.69, 9.17) is 11.6 Å². The van der Waals surface area contributed by atoms with Gasteiger partial charge >= 0.3 is 0 Å². The van der Waals surface area contributed by atoms with Gasteiger partial charge in [-0.3, -0.25) is 4.79 Å². The van der Waals surface area contributed by atoms with Crippen LogP contribution in [-0.4, -0.2) is 10.9 Å². The summed E-state index contributed by atoms with van der Waals surface area (Å²) in [5, 5.41) is 3.20. The Morgan fingerprint density at radius 1 is 1.47 bits per heavy atom. The molecule has 1 aliphatic rings. The van der Waals surface area contributed by atoms with E-state index in [9.17, 15) is 4.79 Å². The van der Waals surface area contributed by atoms with E-state index in [2.05, 4.69) is 10.3 Å². The summed E-state index contributed by atoms with van der Waals surface area (Å²) in [4.78, 5) is 15.7. The lowest BCUT2D eigenvalue weighted by atomic mass is 10.1. The third-order valence-electron chi connectivity index (χ3n) is 2.38. The molecule has 0 fully saturated rings. The highest BCUT2D eigenvalue weighted by molar-refractivity contribution is 6.33. The highest BCUT2D eigenvalue weighted by Gasteiger charge is 2.19. The molecule has 2 rings (SSSR count). The number of amides is 1. The Kier molecular flexibility index (Phi) is 3.02. The zero-order chi connectivity index (χ0) is 10.7. The van der Waals surface area contributed by atoms with E-state index in [0.717, 1.165) is 12.8 Å². The van der Waals surface area contributed by atoms with Crippen LogP contribution in [0.25, 0.3) is 0 Å². The van der Waals surface area contributed by atoms with Crippen molar-refractivity contribution in [3.63, 3.8) is 0 Å². The predicted molar refractivity (Wildman–Crippen MR) is 59.7 cm³/mol. The summed E-state index contributed by atoms with van der Waals surface area (Å²) in [6.07, 6.45) is 7.25. The number of hydrogen-bond donors (Lipinski definition) is 1. The number of carbonyl (C=O) groups excluding carboxylic acids is 1. The zero-order valence-corrected chi connectivity index (χ0v) is 8.87. The summed E-state index contributed by atoms with van der Waals surface area (Å²) in [6, 6.07) is 3.44. The summed E-state index contributed by atoms with van der Waals surface area (Å²) in [6.45, 7) is 0. The lowest BCUT2D eigenvalue weighted by Gasteiger charge is -2.10. The summed E-state index contributed by atoms with van der Waals surface area (Å²) < 4.78 is 0. The molecule has 1 N–H and O–H groups in total. The monoisotopic (exact) mass is 222 g/mol. The van der Waals surface area contributed by atoms with Crippen LogP contribution in [-0.2, 0) is 4.79 Å². The number of anilines is 1. The van der Waals surface area contributed by atoms with Crippen LogP contribution in [0, 0.1) is 5.92 Å². The first-order valence-corrected chi connectivity index (χ1v) is 5.21. The standard InChI is InChI=1S/C11H11ClN2O/c12-9-6-3-7-13-10(9)14-11(15)8-4-1-2-5-8/h1-3,6-8H,4-5H2,(H,13,14,15). The molecule has 0 unspecified atom stereocenters. The van der Waals surface area contributed by atoms with Gasteiger partial charge in [0.25, 0.3) is 0 Å². The van der Waals surface area contributed by atoms with Crippen LogP contribution in [0.1, 0.15) is 12.8 Å². The topological polar surface area (TPSA) is 42.0 Å². The fourth-order valence-electron chi connectivity index (χ4n) is 1.53. The average Bonchev–Trinajstić information content (AvgIpc) is 2.74. The minimum atomic E-state index is -0.0133. The first-order valence-electron chi connectivity index (χ1n) is 4.84. The Balaban J connectivity index is 2.02. The largest absolute Gasteiger partial charge is 0.309 e. The molecule has 1 amide bonds. The van der Waals surface area contributed by atoms with E-state index in [1.807, 2.05) is 12.2 Å². The number of pyridine rings is 1. The van der Waals surface area contributed by atoms with Crippen molar-refractivity contribution in [2.45, 2.75) is 12.8 Å². The van der Waals surface area contributed by atoms with Crippen LogP contribution in [0.2, 0.25) is 5.02 Å². The predicted octanol–water partition coefficient (Wildman–Crippen LogP) is 2.64. The maximum atomic E-state index is 11.7. The molecular formula is C11H11ClN2O. The van der Waals surface area contributed by atoms with Gasteiger partial charge in [0.2, 0.25) is 5.91 Å². The number of halogens is 1. The van der Waals surface area contributed by atoms with Gasteiger partial charge in [-0.15, -0.1) is 0 Å². The van der Waals surface area contributed by atoms with E-state index in [1.54, 1.807) is 18.3 Å². The molecule has 1 aromatic rings. The fraction of sp³-hybridized carbons (Fsp3) is 0.273. The molecule has 0 saturated heterocycles. The molecule has 0 aromatic carbocycles. The molecule has 1 aromatic heterocycles. The highest BCUT2D eigenvalue weighted by atomic mass is 35.5. The van der Waals surface area contributed by atoms with E-state index < -0.39 is 0 Å². The van der Waals surface area contributed by atoms with Crippen molar-refractivity contribution in [1.29, 1.82) is 0 Å². The molecule has 1 heterocycles. The van der Waals surface area contributed by atoms with Gasteiger partial charge in [0.05, 0.1) is 5.02 Å². The van der Waals surface area contributed by atoms with Crippen LogP contribution < -0.4 is 5.32 Å². The van der Waals surface area contributed by atoms with Crippen molar-refractivity contribution in [2.75, 3.05) is 5.32 Å². The number of carbonyl (C=O) groups is 1. The second-order valence-electron chi connectivity index (χ2n) is 3.46. The third kappa shape index (κ3) is 2.36. The summed E-state index contributed by atoms with van der Waals surface area (Å²) in [5.74, 6) is 0.458. The maximum absolute atomic E-state index is 11.7. The number of rotatable bonds is 2. The van der Waals surface area contributed by atoms with Crippen LogP contribution >= 0.6 is 11.6 Å². The number of aromatic nitrogens is 1. The van der Waals surface area contributed by atoms with Gasteiger partial charge in [-0.2, -0.15) is 0 Å². The fourth-order valence-corrected chi connectivity index (χ4v) is 1.70. The van der Waals surface area contributed by atoms with Gasteiger partial charge in [-0.1, -0.05) is 23.8 Å². The minimum absolute atomic E-state index is 0.0133. The highest BCUT2D eigenvalue weighted by Crippen LogP contribution is 2.22. The number of allylic oxidation sites excluding steroid dienone is 2. The van der Waals surface area contributed by atoms with Crippen LogP contribution in [0.3, 0.4) is 0 Å². The Morgan fingerprint density at radius 2 is 2.20 bits per heavy atom. The molecule has 0 atom stereocenters.